The number of carboxylic acid groups (broad SMARTS) is 1. The first-order valence-corrected chi connectivity index (χ1v) is 6.20. The summed E-state index contributed by atoms with van der Waals surface area (Å²) in [7, 11) is 1.31. The summed E-state index contributed by atoms with van der Waals surface area (Å²) in [6.45, 7) is -0.206. The third-order valence-electron chi connectivity index (χ3n) is 3.03. The van der Waals surface area contributed by atoms with E-state index in [-0.39, 0.29) is 30.9 Å². The molecule has 0 radical (unpaired) electrons. The van der Waals surface area contributed by atoms with Crippen molar-refractivity contribution in [2.45, 2.75) is 31.7 Å². The van der Waals surface area contributed by atoms with E-state index in [0.717, 1.165) is 19.3 Å². The van der Waals surface area contributed by atoms with Crippen molar-refractivity contribution in [1.29, 1.82) is 0 Å². The van der Waals surface area contributed by atoms with Gasteiger partial charge in [-0.15, -0.1) is 0 Å². The van der Waals surface area contributed by atoms with Gasteiger partial charge in [0.2, 0.25) is 5.91 Å². The number of amides is 1. The maximum atomic E-state index is 11.9. The first-order valence-electron chi connectivity index (χ1n) is 6.20. The van der Waals surface area contributed by atoms with Gasteiger partial charge >= 0.3 is 11.9 Å². The van der Waals surface area contributed by atoms with E-state index < -0.39 is 12.6 Å². The van der Waals surface area contributed by atoms with Crippen molar-refractivity contribution in [1.82, 2.24) is 4.90 Å². The van der Waals surface area contributed by atoms with Gasteiger partial charge in [-0.1, -0.05) is 0 Å². The van der Waals surface area contributed by atoms with E-state index in [9.17, 15) is 14.4 Å². The van der Waals surface area contributed by atoms with Crippen LogP contribution in [-0.4, -0.2) is 60.8 Å². The molecule has 108 valence electrons. The topological polar surface area (TPSA) is 93.1 Å². The molecule has 7 heteroatoms. The second-order valence-electron chi connectivity index (χ2n) is 4.40. The zero-order chi connectivity index (χ0) is 14.3. The van der Waals surface area contributed by atoms with Crippen LogP contribution in [0.15, 0.2) is 0 Å². The van der Waals surface area contributed by atoms with Crippen molar-refractivity contribution in [3.63, 3.8) is 0 Å². The second-order valence-corrected chi connectivity index (χ2v) is 4.40. The molecule has 0 spiro atoms. The molecule has 1 atom stereocenters. The van der Waals surface area contributed by atoms with Crippen LogP contribution >= 0.6 is 0 Å². The molecule has 0 aliphatic carbocycles. The second kappa shape index (κ2) is 7.73. The number of carbonyl (C=O) groups excluding carboxylic acids is 2. The Morgan fingerprint density at radius 3 is 2.63 bits per heavy atom. The molecule has 1 unspecified atom stereocenters. The molecule has 1 N–H and O–H groups in total. The third kappa shape index (κ3) is 5.25. The predicted octanol–water partition coefficient (Wildman–Crippen LogP) is 0.0318. The Labute approximate surface area is 111 Å². The summed E-state index contributed by atoms with van der Waals surface area (Å²) in [5.74, 6) is -1.75. The lowest BCUT2D eigenvalue weighted by atomic mass is 9.99. The van der Waals surface area contributed by atoms with Crippen molar-refractivity contribution >= 4 is 17.8 Å². The standard InChI is InChI=1S/C12H19NO6/c1-18-12(17)6-9-4-2-3-5-13(9)10(14)7-19-8-11(15)16/h9H,2-8H2,1H3,(H,15,16). The summed E-state index contributed by atoms with van der Waals surface area (Å²) in [6.07, 6.45) is 2.75. The quantitative estimate of drug-likeness (QED) is 0.686. The summed E-state index contributed by atoms with van der Waals surface area (Å²) in [5.41, 5.74) is 0. The van der Waals surface area contributed by atoms with Crippen LogP contribution < -0.4 is 0 Å². The third-order valence-corrected chi connectivity index (χ3v) is 3.03. The number of aliphatic carboxylic acids is 1. The molecular weight excluding hydrogens is 254 g/mol. The number of methoxy groups -OCH3 is 1. The Morgan fingerprint density at radius 1 is 1.26 bits per heavy atom. The molecule has 0 aromatic rings. The lowest BCUT2D eigenvalue weighted by Crippen LogP contribution is -2.46. The minimum absolute atomic E-state index is 0.168. The van der Waals surface area contributed by atoms with Crippen LogP contribution in [0.4, 0.5) is 0 Å². The van der Waals surface area contributed by atoms with E-state index in [1.807, 2.05) is 0 Å². The van der Waals surface area contributed by atoms with Crippen LogP contribution in [0.3, 0.4) is 0 Å². The summed E-state index contributed by atoms with van der Waals surface area (Å²) in [4.78, 5) is 35.1. The van der Waals surface area contributed by atoms with Gasteiger partial charge in [0.25, 0.3) is 0 Å². The van der Waals surface area contributed by atoms with E-state index in [1.165, 1.54) is 7.11 Å². The van der Waals surface area contributed by atoms with Crippen molar-refractivity contribution in [3.8, 4) is 0 Å². The van der Waals surface area contributed by atoms with E-state index in [1.54, 1.807) is 4.90 Å². The predicted molar refractivity (Wildman–Crippen MR) is 64.4 cm³/mol. The van der Waals surface area contributed by atoms with E-state index in [0.29, 0.717) is 6.54 Å². The molecule has 0 aromatic carbocycles. The number of carboxylic acids is 1. The van der Waals surface area contributed by atoms with Gasteiger partial charge in [-0.25, -0.2) is 4.79 Å². The molecule has 1 aliphatic heterocycles. The molecule has 1 rings (SSSR count). The fourth-order valence-electron chi connectivity index (χ4n) is 2.13. The Hall–Kier alpha value is -1.63. The van der Waals surface area contributed by atoms with Crippen molar-refractivity contribution in [3.05, 3.63) is 0 Å². The Kier molecular flexibility index (Phi) is 6.27. The molecule has 0 saturated carbocycles. The van der Waals surface area contributed by atoms with E-state index in [4.69, 9.17) is 9.84 Å². The Bertz CT molecular complexity index is 343. The SMILES string of the molecule is COC(=O)CC1CCCCN1C(=O)COCC(=O)O. The van der Waals surface area contributed by atoms with Gasteiger partial charge in [0.05, 0.1) is 13.5 Å². The van der Waals surface area contributed by atoms with Gasteiger partial charge in [-0.3, -0.25) is 9.59 Å². The molecule has 7 nitrogen and oxygen atoms in total. The number of rotatable bonds is 6. The smallest absolute Gasteiger partial charge is 0.329 e. The molecule has 1 amide bonds. The van der Waals surface area contributed by atoms with Crippen LogP contribution in [0.2, 0.25) is 0 Å². The van der Waals surface area contributed by atoms with Gasteiger partial charge in [0.1, 0.15) is 13.2 Å². The maximum absolute atomic E-state index is 11.9. The maximum Gasteiger partial charge on any atom is 0.329 e. The average Bonchev–Trinajstić information content (AvgIpc) is 2.38. The largest absolute Gasteiger partial charge is 0.480 e. The number of nitrogens with zero attached hydrogens (tertiary/aromatic N) is 1. The van der Waals surface area contributed by atoms with Crippen molar-refractivity contribution < 1.29 is 29.0 Å². The summed E-state index contributed by atoms with van der Waals surface area (Å²) >= 11 is 0. The lowest BCUT2D eigenvalue weighted by Gasteiger charge is -2.35. The Balaban J connectivity index is 2.48. The highest BCUT2D eigenvalue weighted by Gasteiger charge is 2.28. The zero-order valence-electron chi connectivity index (χ0n) is 11.0. The normalized spacial score (nSPS) is 19.0. The fourth-order valence-corrected chi connectivity index (χ4v) is 2.13. The molecule has 0 aromatic heterocycles. The highest BCUT2D eigenvalue weighted by molar-refractivity contribution is 5.79. The number of ether oxygens (including phenoxy) is 2. The lowest BCUT2D eigenvalue weighted by molar-refractivity contribution is -0.148. The van der Waals surface area contributed by atoms with Gasteiger partial charge in [0, 0.05) is 12.6 Å². The Morgan fingerprint density at radius 2 is 2.00 bits per heavy atom. The van der Waals surface area contributed by atoms with Crippen molar-refractivity contribution in [2.24, 2.45) is 0 Å². The highest BCUT2D eigenvalue weighted by atomic mass is 16.5. The summed E-state index contributed by atoms with van der Waals surface area (Å²) < 4.78 is 9.39. The minimum Gasteiger partial charge on any atom is -0.480 e. The summed E-state index contributed by atoms with van der Waals surface area (Å²) in [5, 5.41) is 8.43. The van der Waals surface area contributed by atoms with Gasteiger partial charge in [-0.05, 0) is 19.3 Å². The minimum atomic E-state index is -1.11. The van der Waals surface area contributed by atoms with Crippen LogP contribution in [0.1, 0.15) is 25.7 Å². The van der Waals surface area contributed by atoms with Gasteiger partial charge in [-0.2, -0.15) is 0 Å². The van der Waals surface area contributed by atoms with Gasteiger partial charge < -0.3 is 19.5 Å². The zero-order valence-corrected chi connectivity index (χ0v) is 11.0. The number of esters is 1. The van der Waals surface area contributed by atoms with Crippen LogP contribution in [0, 0.1) is 0 Å². The number of likely N-dealkylation sites (tertiary alicyclic amines) is 1. The van der Waals surface area contributed by atoms with Crippen LogP contribution in [0.5, 0.6) is 0 Å². The van der Waals surface area contributed by atoms with Crippen LogP contribution in [0.25, 0.3) is 0 Å². The van der Waals surface area contributed by atoms with E-state index in [2.05, 4.69) is 4.74 Å². The number of hydrogen-bond donors (Lipinski definition) is 1. The molecule has 1 heterocycles. The monoisotopic (exact) mass is 273 g/mol. The molecule has 19 heavy (non-hydrogen) atoms. The van der Waals surface area contributed by atoms with Crippen LogP contribution in [-0.2, 0) is 23.9 Å². The molecule has 0 bridgehead atoms. The fraction of sp³-hybridized carbons (Fsp3) is 0.750. The molecule has 1 saturated heterocycles. The highest BCUT2D eigenvalue weighted by Crippen LogP contribution is 2.20. The number of piperidine rings is 1. The summed E-state index contributed by atoms with van der Waals surface area (Å²) in [6, 6.07) is -0.179. The van der Waals surface area contributed by atoms with E-state index >= 15 is 0 Å². The van der Waals surface area contributed by atoms with Gasteiger partial charge in [0.15, 0.2) is 0 Å². The first kappa shape index (κ1) is 15.4. The molecule has 1 fully saturated rings. The number of hydrogen-bond acceptors (Lipinski definition) is 5. The van der Waals surface area contributed by atoms with Crippen molar-refractivity contribution in [2.75, 3.05) is 26.9 Å². The average molecular weight is 273 g/mol. The number of carbonyl (C=O) groups is 3. The first-order chi connectivity index (χ1) is 9.04. The molecular formula is C12H19NO6. The molecule has 1 aliphatic rings.